The minimum atomic E-state index is -3.54. The van der Waals surface area contributed by atoms with Gasteiger partial charge in [0.15, 0.2) is 0 Å². The van der Waals surface area contributed by atoms with Crippen molar-refractivity contribution in [1.82, 2.24) is 4.31 Å². The molecule has 2 aliphatic rings. The first kappa shape index (κ1) is 16.2. The van der Waals surface area contributed by atoms with Crippen molar-refractivity contribution in [3.05, 3.63) is 29.3 Å². The topological polar surface area (TPSA) is 55.8 Å². The predicted octanol–water partition coefficient (Wildman–Crippen LogP) is 2.16. The number of piperidine rings is 1. The summed E-state index contributed by atoms with van der Waals surface area (Å²) in [5.41, 5.74) is -0.237. The van der Waals surface area contributed by atoms with Crippen LogP contribution in [0.25, 0.3) is 0 Å². The lowest BCUT2D eigenvalue weighted by molar-refractivity contribution is -0.0358. The number of sulfonamides is 1. The molecular formula is C15H20ClNO4S. The van der Waals surface area contributed by atoms with Crippen molar-refractivity contribution in [2.24, 2.45) is 5.41 Å². The summed E-state index contributed by atoms with van der Waals surface area (Å²) in [4.78, 5) is 0.241. The number of benzene rings is 1. The van der Waals surface area contributed by atoms with E-state index in [-0.39, 0.29) is 16.4 Å². The number of hydrogen-bond donors (Lipinski definition) is 0. The molecule has 1 aromatic rings. The Morgan fingerprint density at radius 2 is 2.32 bits per heavy atom. The van der Waals surface area contributed by atoms with Crippen LogP contribution in [0.4, 0.5) is 0 Å². The number of rotatable bonds is 4. The van der Waals surface area contributed by atoms with E-state index in [2.05, 4.69) is 0 Å². The van der Waals surface area contributed by atoms with Crippen LogP contribution in [0.5, 0.6) is 0 Å². The number of methoxy groups -OCH3 is 1. The lowest BCUT2D eigenvalue weighted by Gasteiger charge is -2.42. The lowest BCUT2D eigenvalue weighted by atomic mass is 9.78. The van der Waals surface area contributed by atoms with Gasteiger partial charge < -0.3 is 9.47 Å². The van der Waals surface area contributed by atoms with E-state index in [1.54, 1.807) is 29.6 Å². The molecule has 0 N–H and O–H groups in total. The molecule has 2 atom stereocenters. The first-order valence-corrected chi connectivity index (χ1v) is 9.16. The van der Waals surface area contributed by atoms with Crippen LogP contribution in [0.1, 0.15) is 12.8 Å². The van der Waals surface area contributed by atoms with Crippen LogP contribution in [0, 0.1) is 5.41 Å². The average Bonchev–Trinajstić information content (AvgIpc) is 2.90. The molecule has 0 saturated carbocycles. The number of fused-ring (bicyclic) bond motifs is 1. The molecule has 0 bridgehead atoms. The van der Waals surface area contributed by atoms with Crippen molar-refractivity contribution in [3.63, 3.8) is 0 Å². The Morgan fingerprint density at radius 1 is 1.50 bits per heavy atom. The number of hydrogen-bond acceptors (Lipinski definition) is 4. The number of nitrogens with zero attached hydrogens (tertiary/aromatic N) is 1. The third-order valence-electron chi connectivity index (χ3n) is 4.60. The maximum absolute atomic E-state index is 12.9. The van der Waals surface area contributed by atoms with Crippen LogP contribution in [0.3, 0.4) is 0 Å². The number of halogens is 1. The Labute approximate surface area is 136 Å². The van der Waals surface area contributed by atoms with E-state index in [0.29, 0.717) is 37.7 Å². The van der Waals surface area contributed by atoms with E-state index in [1.165, 1.54) is 6.07 Å². The van der Waals surface area contributed by atoms with Crippen LogP contribution in [-0.2, 0) is 19.5 Å². The third-order valence-corrected chi connectivity index (χ3v) is 6.68. The Kier molecular flexibility index (Phi) is 4.49. The first-order chi connectivity index (χ1) is 10.5. The van der Waals surface area contributed by atoms with Crippen LogP contribution in [0.2, 0.25) is 5.02 Å². The fourth-order valence-electron chi connectivity index (χ4n) is 3.48. The lowest BCUT2D eigenvalue weighted by Crippen LogP contribution is -2.53. The van der Waals surface area contributed by atoms with Crippen LogP contribution < -0.4 is 0 Å². The smallest absolute Gasteiger partial charge is 0.243 e. The molecule has 3 rings (SSSR count). The van der Waals surface area contributed by atoms with Gasteiger partial charge in [0, 0.05) is 37.2 Å². The summed E-state index contributed by atoms with van der Waals surface area (Å²) in [6, 6.07) is 6.41. The van der Waals surface area contributed by atoms with Crippen molar-refractivity contribution in [3.8, 4) is 0 Å². The fraction of sp³-hybridized carbons (Fsp3) is 0.600. The van der Waals surface area contributed by atoms with E-state index < -0.39 is 10.0 Å². The van der Waals surface area contributed by atoms with Gasteiger partial charge in [-0.1, -0.05) is 17.7 Å². The second-order valence-electron chi connectivity index (χ2n) is 5.99. The molecule has 0 radical (unpaired) electrons. The quantitative estimate of drug-likeness (QED) is 0.839. The van der Waals surface area contributed by atoms with Gasteiger partial charge in [-0.05, 0) is 31.0 Å². The van der Waals surface area contributed by atoms with Gasteiger partial charge in [-0.15, -0.1) is 0 Å². The Balaban J connectivity index is 1.89. The molecule has 5 nitrogen and oxygen atoms in total. The van der Waals surface area contributed by atoms with Gasteiger partial charge in [-0.3, -0.25) is 0 Å². The van der Waals surface area contributed by atoms with E-state index in [9.17, 15) is 8.42 Å². The summed E-state index contributed by atoms with van der Waals surface area (Å²) in [6.07, 6.45) is 1.61. The van der Waals surface area contributed by atoms with Gasteiger partial charge in [0.2, 0.25) is 10.0 Å². The SMILES string of the molecule is COC[C@]12CCO[C@H]1CCN(S(=O)(=O)c1cccc(Cl)c1)C2. The second-order valence-corrected chi connectivity index (χ2v) is 8.36. The molecule has 0 aliphatic carbocycles. The molecule has 122 valence electrons. The van der Waals surface area contributed by atoms with Crippen molar-refractivity contribution >= 4 is 21.6 Å². The predicted molar refractivity (Wildman–Crippen MR) is 83.5 cm³/mol. The second kappa shape index (κ2) is 6.09. The van der Waals surface area contributed by atoms with E-state index >= 15 is 0 Å². The molecule has 1 aromatic carbocycles. The van der Waals surface area contributed by atoms with Crippen molar-refractivity contribution in [2.45, 2.75) is 23.8 Å². The summed E-state index contributed by atoms with van der Waals surface area (Å²) < 4.78 is 38.4. The van der Waals surface area contributed by atoms with Gasteiger partial charge in [0.1, 0.15) is 0 Å². The van der Waals surface area contributed by atoms with Crippen LogP contribution >= 0.6 is 11.6 Å². The van der Waals surface area contributed by atoms with Gasteiger partial charge in [0.05, 0.1) is 17.6 Å². The van der Waals surface area contributed by atoms with Crippen LogP contribution in [0.15, 0.2) is 29.2 Å². The monoisotopic (exact) mass is 345 g/mol. The molecule has 2 heterocycles. The molecule has 0 amide bonds. The van der Waals surface area contributed by atoms with Crippen LogP contribution in [-0.4, -0.2) is 52.2 Å². The zero-order chi connectivity index (χ0) is 15.8. The minimum absolute atomic E-state index is 0.0817. The summed E-state index contributed by atoms with van der Waals surface area (Å²) >= 11 is 5.93. The standard InChI is InChI=1S/C15H20ClNO4S/c1-20-11-15-6-8-21-14(15)5-7-17(10-15)22(18,19)13-4-2-3-12(16)9-13/h2-4,9,14H,5-8,10-11H2,1H3/t14-,15+/m0/s1. The normalized spacial score (nSPS) is 29.5. The van der Waals surface area contributed by atoms with Gasteiger partial charge in [-0.25, -0.2) is 8.42 Å². The highest BCUT2D eigenvalue weighted by atomic mass is 35.5. The summed E-state index contributed by atoms with van der Waals surface area (Å²) in [5, 5.41) is 0.423. The molecule has 2 aliphatic heterocycles. The maximum atomic E-state index is 12.9. The first-order valence-electron chi connectivity index (χ1n) is 7.34. The largest absolute Gasteiger partial charge is 0.384 e. The average molecular weight is 346 g/mol. The van der Waals surface area contributed by atoms with Gasteiger partial charge in [0.25, 0.3) is 0 Å². The highest BCUT2D eigenvalue weighted by molar-refractivity contribution is 7.89. The minimum Gasteiger partial charge on any atom is -0.384 e. The molecule has 7 heteroatoms. The Hall–Kier alpha value is -0.660. The molecule has 0 aromatic heterocycles. The fourth-order valence-corrected chi connectivity index (χ4v) is 5.34. The molecule has 22 heavy (non-hydrogen) atoms. The van der Waals surface area contributed by atoms with Crippen molar-refractivity contribution in [1.29, 1.82) is 0 Å². The Bertz CT molecular complexity index is 651. The summed E-state index contributed by atoms with van der Waals surface area (Å²) in [7, 11) is -1.89. The summed E-state index contributed by atoms with van der Waals surface area (Å²) in [6.45, 7) is 2.07. The van der Waals surface area contributed by atoms with Crippen molar-refractivity contribution in [2.75, 3.05) is 33.4 Å². The third kappa shape index (κ3) is 2.78. The zero-order valence-electron chi connectivity index (χ0n) is 12.5. The van der Waals surface area contributed by atoms with Gasteiger partial charge in [-0.2, -0.15) is 4.31 Å². The van der Waals surface area contributed by atoms with Gasteiger partial charge >= 0.3 is 0 Å². The van der Waals surface area contributed by atoms with Crippen molar-refractivity contribution < 1.29 is 17.9 Å². The Morgan fingerprint density at radius 3 is 3.05 bits per heavy atom. The number of ether oxygens (including phenoxy) is 2. The summed E-state index contributed by atoms with van der Waals surface area (Å²) in [5.74, 6) is 0. The molecule has 2 saturated heterocycles. The van der Waals surface area contributed by atoms with E-state index in [4.69, 9.17) is 21.1 Å². The molecular weight excluding hydrogens is 326 g/mol. The maximum Gasteiger partial charge on any atom is 0.243 e. The molecule has 0 unspecified atom stereocenters. The van der Waals surface area contributed by atoms with E-state index in [1.807, 2.05) is 0 Å². The highest BCUT2D eigenvalue weighted by Crippen LogP contribution is 2.42. The molecule has 2 fully saturated rings. The molecule has 0 spiro atoms. The zero-order valence-corrected chi connectivity index (χ0v) is 14.1. The van der Waals surface area contributed by atoms with E-state index in [0.717, 1.165) is 6.42 Å². The highest BCUT2D eigenvalue weighted by Gasteiger charge is 2.50.